The Morgan fingerprint density at radius 2 is 1.95 bits per heavy atom. The number of aliphatic carboxylic acids is 1. The molecule has 0 aromatic rings. The second-order valence-electron chi connectivity index (χ2n) is 5.68. The number of hydrogen-bond acceptors (Lipinski definition) is 3. The zero-order chi connectivity index (χ0) is 16.0. The van der Waals surface area contributed by atoms with Crippen LogP contribution in [0.2, 0.25) is 0 Å². The Bertz CT molecular complexity index is 434. The maximum absolute atomic E-state index is 12.7. The molecule has 0 bridgehead atoms. The lowest BCUT2D eigenvalue weighted by molar-refractivity contribution is -0.142. The van der Waals surface area contributed by atoms with Crippen LogP contribution in [-0.4, -0.2) is 54.3 Å². The van der Waals surface area contributed by atoms with E-state index < -0.39 is 22.1 Å². The fraction of sp³-hybridized carbons (Fsp3) is 0.929. The van der Waals surface area contributed by atoms with E-state index in [0.29, 0.717) is 38.4 Å². The highest BCUT2D eigenvalue weighted by Gasteiger charge is 2.35. The molecule has 1 heterocycles. The summed E-state index contributed by atoms with van der Waals surface area (Å²) in [6, 6.07) is 0. The average Bonchev–Trinajstić information content (AvgIpc) is 2.48. The Kier molecular flexibility index (Phi) is 7.09. The molecule has 1 atom stereocenters. The highest BCUT2D eigenvalue weighted by atomic mass is 32.2. The molecule has 21 heavy (non-hydrogen) atoms. The Morgan fingerprint density at radius 1 is 1.33 bits per heavy atom. The van der Waals surface area contributed by atoms with Crippen molar-refractivity contribution in [2.75, 3.05) is 26.2 Å². The lowest BCUT2D eigenvalue weighted by Crippen LogP contribution is -2.50. The van der Waals surface area contributed by atoms with Crippen molar-refractivity contribution in [2.45, 2.75) is 46.5 Å². The molecule has 0 aromatic heterocycles. The smallest absolute Gasteiger partial charge is 0.307 e. The van der Waals surface area contributed by atoms with Crippen LogP contribution in [0, 0.1) is 11.8 Å². The van der Waals surface area contributed by atoms with Gasteiger partial charge < -0.3 is 5.11 Å². The van der Waals surface area contributed by atoms with Gasteiger partial charge in [-0.25, -0.2) is 0 Å². The molecular weight excluding hydrogens is 292 g/mol. The van der Waals surface area contributed by atoms with Gasteiger partial charge in [-0.15, -0.1) is 0 Å². The lowest BCUT2D eigenvalue weighted by Gasteiger charge is -2.35. The van der Waals surface area contributed by atoms with Gasteiger partial charge in [-0.2, -0.15) is 17.0 Å². The van der Waals surface area contributed by atoms with Crippen molar-refractivity contribution in [1.29, 1.82) is 0 Å². The van der Waals surface area contributed by atoms with E-state index >= 15 is 0 Å². The molecule has 0 radical (unpaired) electrons. The van der Waals surface area contributed by atoms with Gasteiger partial charge in [0, 0.05) is 26.2 Å². The zero-order valence-corrected chi connectivity index (χ0v) is 14.1. The molecule has 1 fully saturated rings. The lowest BCUT2D eigenvalue weighted by atomic mass is 10.0. The number of nitrogens with zero attached hydrogens (tertiary/aromatic N) is 2. The first-order valence-corrected chi connectivity index (χ1v) is 9.24. The van der Waals surface area contributed by atoms with Crippen LogP contribution >= 0.6 is 0 Å². The molecule has 0 spiro atoms. The van der Waals surface area contributed by atoms with Gasteiger partial charge in [0.1, 0.15) is 0 Å². The van der Waals surface area contributed by atoms with E-state index in [9.17, 15) is 13.2 Å². The highest BCUT2D eigenvalue weighted by Crippen LogP contribution is 2.22. The van der Waals surface area contributed by atoms with Gasteiger partial charge in [0.2, 0.25) is 0 Å². The van der Waals surface area contributed by atoms with Gasteiger partial charge in [0.05, 0.1) is 5.92 Å². The minimum atomic E-state index is -3.55. The number of carboxylic acids is 1. The molecule has 0 aromatic carbocycles. The predicted octanol–water partition coefficient (Wildman–Crippen LogP) is 1.79. The van der Waals surface area contributed by atoms with Crippen molar-refractivity contribution in [3.63, 3.8) is 0 Å². The first-order chi connectivity index (χ1) is 9.86. The molecule has 1 unspecified atom stereocenters. The molecule has 124 valence electrons. The van der Waals surface area contributed by atoms with Gasteiger partial charge in [-0.05, 0) is 18.8 Å². The molecule has 1 saturated heterocycles. The van der Waals surface area contributed by atoms with Crippen LogP contribution in [0.5, 0.6) is 0 Å². The molecular formula is C14H28N2O4S. The largest absolute Gasteiger partial charge is 0.481 e. The summed E-state index contributed by atoms with van der Waals surface area (Å²) in [6.07, 6.45) is 3.05. The Hall–Kier alpha value is -0.660. The van der Waals surface area contributed by atoms with Crippen LogP contribution in [0.1, 0.15) is 46.5 Å². The van der Waals surface area contributed by atoms with E-state index in [2.05, 4.69) is 13.8 Å². The number of carboxylic acid groups (broad SMARTS) is 1. The number of piperidine rings is 1. The van der Waals surface area contributed by atoms with E-state index in [-0.39, 0.29) is 6.54 Å². The second-order valence-corrected chi connectivity index (χ2v) is 7.60. The summed E-state index contributed by atoms with van der Waals surface area (Å²) < 4.78 is 28.3. The van der Waals surface area contributed by atoms with Gasteiger partial charge in [0.25, 0.3) is 10.2 Å². The number of hydrogen-bond donors (Lipinski definition) is 1. The zero-order valence-electron chi connectivity index (χ0n) is 13.3. The minimum absolute atomic E-state index is 0.0943. The third kappa shape index (κ3) is 4.66. The summed E-state index contributed by atoms with van der Waals surface area (Å²) in [6.45, 7) is 7.42. The summed E-state index contributed by atoms with van der Waals surface area (Å²) >= 11 is 0. The normalized spacial score (nSPS) is 21.1. The monoisotopic (exact) mass is 320 g/mol. The summed E-state index contributed by atoms with van der Waals surface area (Å²) in [5, 5.41) is 9.10. The van der Waals surface area contributed by atoms with Gasteiger partial charge in [-0.1, -0.05) is 33.6 Å². The Morgan fingerprint density at radius 3 is 2.43 bits per heavy atom. The molecule has 1 aliphatic heterocycles. The quantitative estimate of drug-likeness (QED) is 0.739. The van der Waals surface area contributed by atoms with Gasteiger partial charge >= 0.3 is 5.97 Å². The molecule has 0 aliphatic carbocycles. The molecule has 1 rings (SSSR count). The molecule has 6 nitrogen and oxygen atoms in total. The minimum Gasteiger partial charge on any atom is -0.481 e. The predicted molar refractivity (Wildman–Crippen MR) is 82.2 cm³/mol. The molecule has 7 heteroatoms. The van der Waals surface area contributed by atoms with E-state index in [0.717, 1.165) is 12.8 Å². The van der Waals surface area contributed by atoms with E-state index in [1.54, 1.807) is 0 Å². The molecule has 0 amide bonds. The van der Waals surface area contributed by atoms with Crippen molar-refractivity contribution in [3.8, 4) is 0 Å². The SMILES string of the molecule is CCC(CC)CN(CC)S(=O)(=O)N1CCCC(C(=O)O)C1. The van der Waals surface area contributed by atoms with E-state index in [4.69, 9.17) is 5.11 Å². The summed E-state index contributed by atoms with van der Waals surface area (Å²) in [7, 11) is -3.55. The van der Waals surface area contributed by atoms with Crippen molar-refractivity contribution >= 4 is 16.2 Å². The van der Waals surface area contributed by atoms with Crippen LogP contribution in [0.15, 0.2) is 0 Å². The fourth-order valence-corrected chi connectivity index (χ4v) is 4.52. The highest BCUT2D eigenvalue weighted by molar-refractivity contribution is 7.86. The third-order valence-electron chi connectivity index (χ3n) is 4.36. The van der Waals surface area contributed by atoms with E-state index in [1.807, 2.05) is 6.92 Å². The van der Waals surface area contributed by atoms with Gasteiger partial charge in [0.15, 0.2) is 0 Å². The van der Waals surface area contributed by atoms with Crippen molar-refractivity contribution in [2.24, 2.45) is 11.8 Å². The summed E-state index contributed by atoms with van der Waals surface area (Å²) in [4.78, 5) is 11.1. The third-order valence-corrected chi connectivity index (χ3v) is 6.40. The molecule has 0 saturated carbocycles. The Labute approximate surface area is 128 Å². The van der Waals surface area contributed by atoms with Crippen LogP contribution in [0.25, 0.3) is 0 Å². The first kappa shape index (κ1) is 18.4. The molecule has 1 N–H and O–H groups in total. The number of carbonyl (C=O) groups is 1. The van der Waals surface area contributed by atoms with Crippen LogP contribution in [0.3, 0.4) is 0 Å². The average molecular weight is 320 g/mol. The van der Waals surface area contributed by atoms with Crippen molar-refractivity contribution in [3.05, 3.63) is 0 Å². The Balaban J connectivity index is 2.83. The fourth-order valence-electron chi connectivity index (χ4n) is 2.74. The van der Waals surface area contributed by atoms with Crippen LogP contribution in [-0.2, 0) is 15.0 Å². The maximum Gasteiger partial charge on any atom is 0.307 e. The second kappa shape index (κ2) is 8.10. The van der Waals surface area contributed by atoms with Gasteiger partial charge in [-0.3, -0.25) is 4.79 Å². The van der Waals surface area contributed by atoms with Crippen molar-refractivity contribution in [1.82, 2.24) is 8.61 Å². The van der Waals surface area contributed by atoms with Crippen LogP contribution in [0.4, 0.5) is 0 Å². The number of rotatable bonds is 8. The first-order valence-electron chi connectivity index (χ1n) is 7.84. The topological polar surface area (TPSA) is 77.9 Å². The molecule has 1 aliphatic rings. The summed E-state index contributed by atoms with van der Waals surface area (Å²) in [5.41, 5.74) is 0. The summed E-state index contributed by atoms with van der Waals surface area (Å²) in [5.74, 6) is -1.14. The van der Waals surface area contributed by atoms with Crippen LogP contribution < -0.4 is 0 Å². The standard InChI is InChI=1S/C14H28N2O4S/c1-4-12(5-2)10-15(6-3)21(19,20)16-9-7-8-13(11-16)14(17)18/h12-13H,4-11H2,1-3H3,(H,17,18). The van der Waals surface area contributed by atoms with Crippen molar-refractivity contribution < 1.29 is 18.3 Å². The maximum atomic E-state index is 12.7. The van der Waals surface area contributed by atoms with E-state index in [1.165, 1.54) is 8.61 Å².